The van der Waals surface area contributed by atoms with Gasteiger partial charge in [-0.05, 0) is 18.4 Å². The first-order valence-electron chi connectivity index (χ1n) is 3.86. The van der Waals surface area contributed by atoms with Gasteiger partial charge in [0, 0.05) is 25.9 Å². The zero-order valence-corrected chi connectivity index (χ0v) is 8.06. The molecule has 0 aromatic carbocycles. The number of aldehydes is 1. The predicted octanol–water partition coefficient (Wildman–Crippen LogP) is 1.92. The second-order valence-corrected chi connectivity index (χ2v) is 3.45. The highest BCUT2D eigenvalue weighted by molar-refractivity contribution is 6.34. The zero-order chi connectivity index (χ0) is 9.14. The molecule has 0 spiro atoms. The highest BCUT2D eigenvalue weighted by atomic mass is 35.5. The molecule has 12 heavy (non-hydrogen) atoms. The van der Waals surface area contributed by atoms with E-state index in [-0.39, 0.29) is 0 Å². The molecule has 0 bridgehead atoms. The van der Waals surface area contributed by atoms with E-state index in [4.69, 9.17) is 11.6 Å². The van der Waals surface area contributed by atoms with Crippen LogP contribution in [-0.2, 0) is 4.79 Å². The number of carbonyl (C=O) groups is 1. The minimum absolute atomic E-state index is 0.638. The van der Waals surface area contributed by atoms with Crippen LogP contribution in [0.15, 0.2) is 22.4 Å². The summed E-state index contributed by atoms with van der Waals surface area (Å²) in [5.74, 6) is 0. The molecule has 0 saturated carbocycles. The number of hydrogen-bond acceptors (Lipinski definition) is 2. The van der Waals surface area contributed by atoms with Gasteiger partial charge in [-0.25, -0.2) is 0 Å². The summed E-state index contributed by atoms with van der Waals surface area (Å²) in [5, 5.41) is 0.638. The lowest BCUT2D eigenvalue weighted by atomic mass is 10.2. The number of halogens is 1. The third kappa shape index (κ3) is 1.89. The molecule has 0 aromatic rings. The van der Waals surface area contributed by atoms with Crippen molar-refractivity contribution in [3.63, 3.8) is 0 Å². The Balaban J connectivity index is 2.86. The number of hydrogen-bond donors (Lipinski definition) is 0. The first kappa shape index (κ1) is 9.33. The molecule has 0 amide bonds. The van der Waals surface area contributed by atoms with Gasteiger partial charge in [-0.3, -0.25) is 4.79 Å². The second-order valence-electron chi connectivity index (χ2n) is 3.08. The summed E-state index contributed by atoms with van der Waals surface area (Å²) in [5.41, 5.74) is 1.79. The molecule has 0 unspecified atom stereocenters. The van der Waals surface area contributed by atoms with Gasteiger partial charge >= 0.3 is 0 Å². The summed E-state index contributed by atoms with van der Waals surface area (Å²) in [6.45, 7) is 0. The fourth-order valence-electron chi connectivity index (χ4n) is 1.24. The first-order valence-corrected chi connectivity index (χ1v) is 4.24. The molecule has 2 nitrogen and oxygen atoms in total. The summed E-state index contributed by atoms with van der Waals surface area (Å²) in [7, 11) is 3.88. The largest absolute Gasteiger partial charge is 0.383 e. The van der Waals surface area contributed by atoms with Gasteiger partial charge in [0.15, 0.2) is 0 Å². The van der Waals surface area contributed by atoms with Crippen molar-refractivity contribution in [1.82, 2.24) is 4.90 Å². The van der Waals surface area contributed by atoms with E-state index in [0.717, 1.165) is 30.3 Å². The monoisotopic (exact) mass is 185 g/mol. The lowest BCUT2D eigenvalue weighted by molar-refractivity contribution is -0.105. The van der Waals surface area contributed by atoms with Crippen molar-refractivity contribution in [2.24, 2.45) is 0 Å². The molecular weight excluding hydrogens is 174 g/mol. The third-order valence-corrected chi connectivity index (χ3v) is 2.27. The van der Waals surface area contributed by atoms with Crippen molar-refractivity contribution >= 4 is 17.9 Å². The summed E-state index contributed by atoms with van der Waals surface area (Å²) in [6, 6.07) is 0. The van der Waals surface area contributed by atoms with Crippen LogP contribution in [0.25, 0.3) is 0 Å². The van der Waals surface area contributed by atoms with Crippen LogP contribution in [0, 0.1) is 0 Å². The van der Waals surface area contributed by atoms with Crippen LogP contribution < -0.4 is 0 Å². The predicted molar refractivity (Wildman–Crippen MR) is 49.9 cm³/mol. The van der Waals surface area contributed by atoms with Crippen molar-refractivity contribution in [3.8, 4) is 0 Å². The fourth-order valence-corrected chi connectivity index (χ4v) is 1.52. The van der Waals surface area contributed by atoms with E-state index in [1.807, 2.05) is 25.2 Å². The van der Waals surface area contributed by atoms with Gasteiger partial charge in [0.05, 0.1) is 5.03 Å². The van der Waals surface area contributed by atoms with Gasteiger partial charge in [0.1, 0.15) is 6.29 Å². The molecule has 0 aromatic heterocycles. The molecular formula is C9H12ClNO. The molecule has 1 rings (SSSR count). The Kier molecular flexibility index (Phi) is 2.93. The van der Waals surface area contributed by atoms with E-state index in [0.29, 0.717) is 5.03 Å². The number of rotatable bonds is 2. The van der Waals surface area contributed by atoms with Crippen LogP contribution in [0.1, 0.15) is 12.8 Å². The maximum atomic E-state index is 10.5. The number of carbonyl (C=O) groups excluding carboxylic acids is 1. The van der Waals surface area contributed by atoms with E-state index in [1.54, 1.807) is 0 Å². The summed E-state index contributed by atoms with van der Waals surface area (Å²) in [6.07, 6.45) is 4.46. The van der Waals surface area contributed by atoms with Gasteiger partial charge in [-0.2, -0.15) is 0 Å². The minimum Gasteiger partial charge on any atom is -0.383 e. The molecule has 0 saturated heterocycles. The SMILES string of the molecule is CN(C)C=C1CCC(C=O)=C1Cl. The normalized spacial score (nSPS) is 20.4. The second kappa shape index (κ2) is 3.76. The van der Waals surface area contributed by atoms with E-state index >= 15 is 0 Å². The van der Waals surface area contributed by atoms with Gasteiger partial charge in [-0.15, -0.1) is 0 Å². The molecule has 0 fully saturated rings. The maximum absolute atomic E-state index is 10.5. The average molecular weight is 186 g/mol. The molecule has 66 valence electrons. The van der Waals surface area contributed by atoms with Crippen molar-refractivity contribution in [3.05, 3.63) is 22.4 Å². The molecule has 1 aliphatic carbocycles. The molecule has 3 heteroatoms. The molecule has 0 heterocycles. The molecule has 0 N–H and O–H groups in total. The Morgan fingerprint density at radius 2 is 2.08 bits per heavy atom. The molecule has 0 radical (unpaired) electrons. The van der Waals surface area contributed by atoms with Crippen LogP contribution in [0.2, 0.25) is 0 Å². The first-order chi connectivity index (χ1) is 5.65. The standard InChI is InChI=1S/C9H12ClNO/c1-11(2)5-7-3-4-8(6-12)9(7)10/h5-6H,3-4H2,1-2H3. The summed E-state index contributed by atoms with van der Waals surface area (Å²) >= 11 is 5.94. The Bertz CT molecular complexity index is 253. The van der Waals surface area contributed by atoms with E-state index < -0.39 is 0 Å². The third-order valence-electron chi connectivity index (χ3n) is 1.78. The molecule has 0 atom stereocenters. The maximum Gasteiger partial charge on any atom is 0.147 e. The van der Waals surface area contributed by atoms with Crippen molar-refractivity contribution in [1.29, 1.82) is 0 Å². The number of allylic oxidation sites excluding steroid dienone is 3. The molecule has 1 aliphatic rings. The average Bonchev–Trinajstić information content (AvgIpc) is 2.32. The Morgan fingerprint density at radius 1 is 1.42 bits per heavy atom. The minimum atomic E-state index is 0.638. The summed E-state index contributed by atoms with van der Waals surface area (Å²) < 4.78 is 0. The van der Waals surface area contributed by atoms with Crippen LogP contribution in [0.3, 0.4) is 0 Å². The van der Waals surface area contributed by atoms with Gasteiger partial charge in [0.25, 0.3) is 0 Å². The van der Waals surface area contributed by atoms with E-state index in [9.17, 15) is 4.79 Å². The van der Waals surface area contributed by atoms with Crippen LogP contribution in [0.5, 0.6) is 0 Å². The Hall–Kier alpha value is -0.760. The van der Waals surface area contributed by atoms with Crippen LogP contribution >= 0.6 is 11.6 Å². The van der Waals surface area contributed by atoms with Crippen molar-refractivity contribution < 1.29 is 4.79 Å². The topological polar surface area (TPSA) is 20.3 Å². The fraction of sp³-hybridized carbons (Fsp3) is 0.444. The quantitative estimate of drug-likeness (QED) is 0.613. The van der Waals surface area contributed by atoms with E-state index in [2.05, 4.69) is 0 Å². The molecule has 0 aliphatic heterocycles. The Labute approximate surface area is 77.5 Å². The van der Waals surface area contributed by atoms with Crippen LogP contribution in [-0.4, -0.2) is 25.3 Å². The van der Waals surface area contributed by atoms with Crippen LogP contribution in [0.4, 0.5) is 0 Å². The van der Waals surface area contributed by atoms with Crippen molar-refractivity contribution in [2.75, 3.05) is 14.1 Å². The van der Waals surface area contributed by atoms with E-state index in [1.165, 1.54) is 0 Å². The van der Waals surface area contributed by atoms with Gasteiger partial charge in [-0.1, -0.05) is 11.6 Å². The smallest absolute Gasteiger partial charge is 0.147 e. The Morgan fingerprint density at radius 3 is 2.50 bits per heavy atom. The summed E-state index contributed by atoms with van der Waals surface area (Å²) in [4.78, 5) is 12.4. The zero-order valence-electron chi connectivity index (χ0n) is 7.30. The van der Waals surface area contributed by atoms with Gasteiger partial charge < -0.3 is 4.90 Å². The lowest BCUT2D eigenvalue weighted by Crippen LogP contribution is -2.02. The number of nitrogens with zero attached hydrogens (tertiary/aromatic N) is 1. The lowest BCUT2D eigenvalue weighted by Gasteiger charge is -2.06. The van der Waals surface area contributed by atoms with Gasteiger partial charge in [0.2, 0.25) is 0 Å². The van der Waals surface area contributed by atoms with Crippen molar-refractivity contribution in [2.45, 2.75) is 12.8 Å². The highest BCUT2D eigenvalue weighted by Gasteiger charge is 2.17. The highest BCUT2D eigenvalue weighted by Crippen LogP contribution is 2.32.